The van der Waals surface area contributed by atoms with Crippen molar-refractivity contribution in [3.8, 4) is 0 Å². The molecule has 1 aliphatic heterocycles. The first-order valence-corrected chi connectivity index (χ1v) is 12.2. The van der Waals surface area contributed by atoms with Crippen LogP contribution in [0.2, 0.25) is 0 Å². The minimum atomic E-state index is -0.958. The predicted octanol–water partition coefficient (Wildman–Crippen LogP) is 6.47. The topological polar surface area (TPSA) is 47.4 Å². The molecule has 3 aromatic rings. The number of piperidine rings is 1. The van der Waals surface area contributed by atoms with Crippen LogP contribution < -0.4 is 4.90 Å². The third-order valence-corrected chi connectivity index (χ3v) is 7.44. The van der Waals surface area contributed by atoms with Gasteiger partial charge in [0.05, 0.1) is 23.2 Å². The van der Waals surface area contributed by atoms with Crippen molar-refractivity contribution in [3.63, 3.8) is 0 Å². The van der Waals surface area contributed by atoms with Gasteiger partial charge in [-0.3, -0.25) is 4.79 Å². The van der Waals surface area contributed by atoms with Gasteiger partial charge in [0.25, 0.3) is 0 Å². The maximum atomic E-state index is 14.1. The van der Waals surface area contributed by atoms with E-state index in [1.165, 1.54) is 6.07 Å². The third-order valence-electron chi connectivity index (χ3n) is 6.95. The molecule has 2 heterocycles. The zero-order valence-electron chi connectivity index (χ0n) is 18.4. The van der Waals surface area contributed by atoms with Gasteiger partial charge >= 0.3 is 0 Å². The quantitative estimate of drug-likeness (QED) is 0.398. The van der Waals surface area contributed by atoms with Crippen LogP contribution in [0, 0.1) is 11.6 Å². The number of nitrogens with zero attached hydrogens (tertiary/aromatic N) is 3. The number of hydrogen-bond acceptors (Lipinski definition) is 3. The number of aromatic nitrogens is 2. The Morgan fingerprint density at radius 2 is 1.82 bits per heavy atom. The molecule has 0 spiro atoms. The second kappa shape index (κ2) is 9.14. The van der Waals surface area contributed by atoms with Crippen molar-refractivity contribution < 1.29 is 18.3 Å². The van der Waals surface area contributed by atoms with Gasteiger partial charge < -0.3 is 14.2 Å². The van der Waals surface area contributed by atoms with Gasteiger partial charge in [-0.15, -0.1) is 0 Å². The summed E-state index contributed by atoms with van der Waals surface area (Å²) in [7, 11) is 1.76. The maximum Gasteiger partial charge on any atom is 0.227 e. The molecule has 0 N–H and O–H groups in total. The maximum absolute atomic E-state index is 14.1. The fourth-order valence-electron chi connectivity index (χ4n) is 5.32. The SMILES string of the molecule is CO[C@H]1CC[C@H](n2c(C3CCCC(=O)N3c3ccc(F)c(F)c3)nc3cc(Br)ccc32)CC1. The van der Waals surface area contributed by atoms with Gasteiger partial charge in [-0.1, -0.05) is 15.9 Å². The Morgan fingerprint density at radius 1 is 1.03 bits per heavy atom. The summed E-state index contributed by atoms with van der Waals surface area (Å²) in [6.07, 6.45) is 5.93. The average molecular weight is 518 g/mol. The molecular formula is C25H26BrF2N3O2. The molecule has 2 aromatic carbocycles. The summed E-state index contributed by atoms with van der Waals surface area (Å²) in [6.45, 7) is 0. The lowest BCUT2D eigenvalue weighted by molar-refractivity contribution is -0.120. The number of amides is 1. The monoisotopic (exact) mass is 517 g/mol. The highest BCUT2D eigenvalue weighted by Gasteiger charge is 2.36. The summed E-state index contributed by atoms with van der Waals surface area (Å²) in [6, 6.07) is 9.61. The van der Waals surface area contributed by atoms with Crippen LogP contribution in [0.3, 0.4) is 0 Å². The van der Waals surface area contributed by atoms with Gasteiger partial charge in [0.1, 0.15) is 5.82 Å². The van der Waals surface area contributed by atoms with Gasteiger partial charge in [-0.2, -0.15) is 0 Å². The molecule has 5 nitrogen and oxygen atoms in total. The Labute approximate surface area is 199 Å². The molecule has 1 saturated heterocycles. The molecule has 1 atom stereocenters. The van der Waals surface area contributed by atoms with E-state index in [-0.39, 0.29) is 24.1 Å². The predicted molar refractivity (Wildman–Crippen MR) is 126 cm³/mol. The van der Waals surface area contributed by atoms with Crippen LogP contribution in [0.1, 0.15) is 62.9 Å². The minimum Gasteiger partial charge on any atom is -0.381 e. The smallest absolute Gasteiger partial charge is 0.227 e. The highest BCUT2D eigenvalue weighted by Crippen LogP contribution is 2.41. The van der Waals surface area contributed by atoms with Crippen molar-refractivity contribution in [2.24, 2.45) is 0 Å². The molecule has 2 aliphatic rings. The van der Waals surface area contributed by atoms with Crippen LogP contribution >= 0.6 is 15.9 Å². The first-order valence-electron chi connectivity index (χ1n) is 11.4. The largest absolute Gasteiger partial charge is 0.381 e. The molecule has 2 fully saturated rings. The number of ether oxygens (including phenoxy) is 1. The van der Waals surface area contributed by atoms with Crippen molar-refractivity contribution in [1.29, 1.82) is 0 Å². The molecule has 1 aliphatic carbocycles. The van der Waals surface area contributed by atoms with Gasteiger partial charge in [-0.05, 0) is 68.9 Å². The minimum absolute atomic E-state index is 0.0971. The van der Waals surface area contributed by atoms with Crippen LogP contribution in [-0.2, 0) is 9.53 Å². The number of fused-ring (bicyclic) bond motifs is 1. The number of benzene rings is 2. The van der Waals surface area contributed by atoms with Crippen LogP contribution in [0.4, 0.5) is 14.5 Å². The second-order valence-electron chi connectivity index (χ2n) is 8.91. The van der Waals surface area contributed by atoms with E-state index in [1.807, 2.05) is 12.1 Å². The molecule has 1 amide bonds. The summed E-state index contributed by atoms with van der Waals surface area (Å²) in [5.74, 6) is -1.17. The molecule has 174 valence electrons. The summed E-state index contributed by atoms with van der Waals surface area (Å²) in [4.78, 5) is 19.7. The zero-order chi connectivity index (χ0) is 23.1. The molecule has 0 bridgehead atoms. The van der Waals surface area contributed by atoms with E-state index in [0.29, 0.717) is 18.5 Å². The van der Waals surface area contributed by atoms with Gasteiger partial charge in [0.15, 0.2) is 11.6 Å². The first-order chi connectivity index (χ1) is 16.0. The lowest BCUT2D eigenvalue weighted by Gasteiger charge is -2.37. The molecule has 1 saturated carbocycles. The normalized spacial score (nSPS) is 23.9. The summed E-state index contributed by atoms with van der Waals surface area (Å²) in [5, 5.41) is 0. The van der Waals surface area contributed by atoms with Crippen LogP contribution in [0.5, 0.6) is 0 Å². The summed E-state index contributed by atoms with van der Waals surface area (Å²) < 4.78 is 36.5. The van der Waals surface area contributed by atoms with E-state index in [4.69, 9.17) is 9.72 Å². The number of carbonyl (C=O) groups excluding carboxylic acids is 1. The van der Waals surface area contributed by atoms with Crippen LogP contribution in [0.25, 0.3) is 11.0 Å². The number of halogens is 3. The fourth-order valence-corrected chi connectivity index (χ4v) is 5.67. The summed E-state index contributed by atoms with van der Waals surface area (Å²) >= 11 is 3.54. The van der Waals surface area contributed by atoms with E-state index < -0.39 is 11.6 Å². The van der Waals surface area contributed by atoms with E-state index in [1.54, 1.807) is 12.0 Å². The molecule has 0 radical (unpaired) electrons. The molecule has 8 heteroatoms. The standard InChI is InChI=1S/C25H26BrF2N3O2/c1-33-18-9-6-16(7-10-18)31-22-12-5-15(26)13-21(22)29-25(31)23-3-2-4-24(32)30(23)17-8-11-19(27)20(28)14-17/h5,8,11-14,16,18,23H,2-4,6-7,9-10H2,1H3/t16-,18-,23?. The van der Waals surface area contributed by atoms with E-state index in [2.05, 4.69) is 26.6 Å². The number of anilines is 1. The zero-order valence-corrected chi connectivity index (χ0v) is 20.0. The Morgan fingerprint density at radius 3 is 2.55 bits per heavy atom. The van der Waals surface area contributed by atoms with E-state index in [9.17, 15) is 13.6 Å². The van der Waals surface area contributed by atoms with E-state index >= 15 is 0 Å². The van der Waals surface area contributed by atoms with Crippen LogP contribution in [-0.4, -0.2) is 28.7 Å². The average Bonchev–Trinajstić information content (AvgIpc) is 3.19. The molecule has 33 heavy (non-hydrogen) atoms. The van der Waals surface area contributed by atoms with Gasteiger partial charge in [0.2, 0.25) is 5.91 Å². The Bertz CT molecular complexity index is 1190. The lowest BCUT2D eigenvalue weighted by atomic mass is 9.92. The Hall–Kier alpha value is -2.32. The van der Waals surface area contributed by atoms with Crippen molar-refractivity contribution in [1.82, 2.24) is 9.55 Å². The number of imidazole rings is 1. The van der Waals surface area contributed by atoms with Crippen molar-refractivity contribution in [2.75, 3.05) is 12.0 Å². The second-order valence-corrected chi connectivity index (χ2v) is 9.83. The van der Waals surface area contributed by atoms with Crippen LogP contribution in [0.15, 0.2) is 40.9 Å². The fraction of sp³-hybridized carbons (Fsp3) is 0.440. The molecule has 1 aromatic heterocycles. The molecule has 5 rings (SSSR count). The number of rotatable bonds is 4. The Kier molecular flexibility index (Phi) is 6.22. The highest BCUT2D eigenvalue weighted by atomic mass is 79.9. The third kappa shape index (κ3) is 4.19. The lowest BCUT2D eigenvalue weighted by Crippen LogP contribution is -2.40. The molecule has 1 unspecified atom stereocenters. The van der Waals surface area contributed by atoms with Gasteiger partial charge in [-0.25, -0.2) is 13.8 Å². The summed E-state index contributed by atoms with van der Waals surface area (Å²) in [5.41, 5.74) is 2.25. The van der Waals surface area contributed by atoms with Crippen molar-refractivity contribution >= 4 is 38.6 Å². The number of hydrogen-bond donors (Lipinski definition) is 0. The number of methoxy groups -OCH3 is 1. The first kappa shape index (κ1) is 22.5. The number of carbonyl (C=O) groups is 1. The Balaban J connectivity index is 1.62. The van der Waals surface area contributed by atoms with Crippen molar-refractivity contribution in [3.05, 3.63) is 58.3 Å². The molecular weight excluding hydrogens is 492 g/mol. The van der Waals surface area contributed by atoms with Gasteiger partial charge in [0, 0.05) is 35.8 Å². The highest BCUT2D eigenvalue weighted by molar-refractivity contribution is 9.10. The van der Waals surface area contributed by atoms with Crippen molar-refractivity contribution in [2.45, 2.75) is 63.1 Å². The van der Waals surface area contributed by atoms with E-state index in [0.717, 1.165) is 65.6 Å².